The number of aryl methyl sites for hydroxylation is 1. The van der Waals surface area contributed by atoms with Gasteiger partial charge in [-0.25, -0.2) is 12.8 Å². The van der Waals surface area contributed by atoms with Crippen molar-refractivity contribution in [2.45, 2.75) is 114 Å². The molecule has 2 saturated carbocycles. The zero-order chi connectivity index (χ0) is 36.8. The fourth-order valence-corrected chi connectivity index (χ4v) is 9.35. The molecule has 2 N–H and O–H groups in total. The van der Waals surface area contributed by atoms with Gasteiger partial charge in [-0.2, -0.15) is 4.98 Å². The number of halogens is 1. The number of ketones is 1. The van der Waals surface area contributed by atoms with Gasteiger partial charge in [0.2, 0.25) is 21.8 Å². The van der Waals surface area contributed by atoms with Gasteiger partial charge in [-0.15, -0.1) is 0 Å². The van der Waals surface area contributed by atoms with Crippen LogP contribution in [-0.2, 0) is 24.4 Å². The minimum absolute atomic E-state index is 0.0194. The quantitative estimate of drug-likeness (QED) is 0.270. The van der Waals surface area contributed by atoms with Crippen LogP contribution in [0.1, 0.15) is 89.7 Å². The monoisotopic (exact) mass is 733 g/mol. The van der Waals surface area contributed by atoms with Crippen LogP contribution < -0.4 is 14.8 Å². The molecule has 2 aromatic carbocycles. The number of anilines is 1. The Kier molecular flexibility index (Phi) is 9.92. The van der Waals surface area contributed by atoms with E-state index in [-0.39, 0.29) is 43.0 Å². The Morgan fingerprint density at radius 1 is 1.08 bits per heavy atom. The van der Waals surface area contributed by atoms with Crippen molar-refractivity contribution in [1.82, 2.24) is 19.2 Å². The fraction of sp³-hybridized carbons (Fsp3) is 0.538. The second kappa shape index (κ2) is 14.3. The van der Waals surface area contributed by atoms with Crippen molar-refractivity contribution < 1.29 is 31.9 Å². The van der Waals surface area contributed by atoms with E-state index in [1.165, 1.54) is 12.1 Å². The van der Waals surface area contributed by atoms with Gasteiger partial charge in [0, 0.05) is 24.6 Å². The van der Waals surface area contributed by atoms with Crippen molar-refractivity contribution >= 4 is 44.3 Å². The Balaban J connectivity index is 1.21. The number of fused-ring (bicyclic) bond motifs is 3. The number of nitrogens with one attached hydrogen (secondary N) is 2. The van der Waals surface area contributed by atoms with Crippen molar-refractivity contribution in [2.24, 2.45) is 11.3 Å². The molecule has 4 aliphatic rings. The SMILES string of the molecule is Cc1cc(F)cc(N[C@H]2CCCCC/C=C\[C@H]3C[C@@]3(C(=O)NS(=O)(=O)C3CC3)CC(=O)[C@@H]3C[C@@H](Oc4nc5ccccc5n4C(C)C)CN3C2=O)c1. The average molecular weight is 734 g/mol. The summed E-state index contributed by atoms with van der Waals surface area (Å²) in [6, 6.07) is 11.0. The van der Waals surface area contributed by atoms with Crippen molar-refractivity contribution in [3.05, 3.63) is 66.0 Å². The van der Waals surface area contributed by atoms with Crippen molar-refractivity contribution in [2.75, 3.05) is 11.9 Å². The third-order valence-electron chi connectivity index (χ3n) is 11.0. The number of amides is 2. The van der Waals surface area contributed by atoms with Gasteiger partial charge in [0.1, 0.15) is 18.0 Å². The van der Waals surface area contributed by atoms with Crippen LogP contribution in [0, 0.1) is 24.1 Å². The Morgan fingerprint density at radius 3 is 2.62 bits per heavy atom. The third-order valence-corrected chi connectivity index (χ3v) is 12.8. The normalized spacial score (nSPS) is 27.8. The number of allylic oxidation sites excluding steroid dienone is 2. The largest absolute Gasteiger partial charge is 0.459 e. The van der Waals surface area contributed by atoms with Crippen LogP contribution in [0.2, 0.25) is 0 Å². The summed E-state index contributed by atoms with van der Waals surface area (Å²) in [5.41, 5.74) is 1.64. The number of carbonyl (C=O) groups is 3. The molecule has 11 nitrogen and oxygen atoms in total. The van der Waals surface area contributed by atoms with Crippen LogP contribution in [0.3, 0.4) is 0 Å². The maximum atomic E-state index is 14.6. The van der Waals surface area contributed by atoms with Gasteiger partial charge < -0.3 is 15.0 Å². The molecule has 1 saturated heterocycles. The minimum Gasteiger partial charge on any atom is -0.459 e. The van der Waals surface area contributed by atoms with E-state index in [4.69, 9.17) is 9.72 Å². The Bertz CT molecular complexity index is 1990. The lowest BCUT2D eigenvalue weighted by atomic mass is 9.91. The maximum Gasteiger partial charge on any atom is 0.297 e. The highest BCUT2D eigenvalue weighted by Crippen LogP contribution is 2.57. The molecule has 2 aliphatic heterocycles. The fourth-order valence-electron chi connectivity index (χ4n) is 7.96. The van der Waals surface area contributed by atoms with Gasteiger partial charge in [-0.05, 0) is 101 Å². The van der Waals surface area contributed by atoms with Gasteiger partial charge in [-0.3, -0.25) is 23.7 Å². The van der Waals surface area contributed by atoms with E-state index in [2.05, 4.69) is 10.0 Å². The van der Waals surface area contributed by atoms with E-state index in [1.54, 1.807) is 17.9 Å². The summed E-state index contributed by atoms with van der Waals surface area (Å²) in [4.78, 5) is 49.2. The highest BCUT2D eigenvalue weighted by molar-refractivity contribution is 7.90. The molecule has 2 aliphatic carbocycles. The number of aromatic nitrogens is 2. The molecule has 13 heteroatoms. The highest BCUT2D eigenvalue weighted by atomic mass is 32.2. The lowest BCUT2D eigenvalue weighted by Crippen LogP contribution is -2.49. The van der Waals surface area contributed by atoms with E-state index < -0.39 is 50.6 Å². The molecule has 7 rings (SSSR count). The number of nitrogens with zero attached hydrogens (tertiary/aromatic N) is 3. The average Bonchev–Trinajstić information content (AvgIpc) is 3.98. The number of sulfonamides is 1. The Hall–Kier alpha value is -4.26. The molecule has 1 aromatic heterocycles. The first-order chi connectivity index (χ1) is 24.8. The van der Waals surface area contributed by atoms with E-state index in [0.29, 0.717) is 42.9 Å². The lowest BCUT2D eigenvalue weighted by molar-refractivity contribution is -0.139. The number of rotatable bonds is 8. The predicted octanol–water partition coefficient (Wildman–Crippen LogP) is 5.99. The Labute approximate surface area is 304 Å². The van der Waals surface area contributed by atoms with E-state index in [0.717, 1.165) is 36.7 Å². The smallest absolute Gasteiger partial charge is 0.297 e. The standard InChI is InChI=1S/C39H48FN5O6S/c1-24(2)45-33-14-10-9-12-31(33)42-38(45)51-29-20-34-35(46)22-39(37(48)43-52(49,50)30-15-16-30)21-26(39)11-7-5-4-6-8-13-32(36(47)44(34)23-29)41-28-18-25(3)17-27(40)19-28/h7,9-12,14,17-19,24,26,29-30,32,34,41H,4-6,8,13,15-16,20-23H2,1-3H3,(H,43,48)/b11-7-/t26-,29+,32-,34-,39+/m0/s1. The summed E-state index contributed by atoms with van der Waals surface area (Å²) < 4.78 is 51.0. The second-order valence-electron chi connectivity index (χ2n) is 15.4. The number of benzene rings is 2. The number of Topliss-reactive ketones (excluding diaryl/α,β-unsaturated/α-hetero) is 1. The van der Waals surface area contributed by atoms with Crippen LogP contribution in [0.15, 0.2) is 54.6 Å². The summed E-state index contributed by atoms with van der Waals surface area (Å²) in [5, 5.41) is 2.70. The molecule has 3 aromatic rings. The van der Waals surface area contributed by atoms with Gasteiger partial charge in [0.05, 0.1) is 34.3 Å². The van der Waals surface area contributed by atoms with E-state index >= 15 is 0 Å². The zero-order valence-corrected chi connectivity index (χ0v) is 30.8. The summed E-state index contributed by atoms with van der Waals surface area (Å²) in [6.45, 7) is 5.96. The molecule has 0 spiro atoms. The summed E-state index contributed by atoms with van der Waals surface area (Å²) in [6.07, 6.45) is 8.37. The molecule has 0 radical (unpaired) electrons. The summed E-state index contributed by atoms with van der Waals surface area (Å²) >= 11 is 0. The minimum atomic E-state index is -3.83. The first kappa shape index (κ1) is 36.1. The van der Waals surface area contributed by atoms with E-state index in [1.807, 2.05) is 54.8 Å². The van der Waals surface area contributed by atoms with Crippen molar-refractivity contribution in [3.8, 4) is 6.01 Å². The molecule has 2 amide bonds. The number of hydrogen-bond acceptors (Lipinski definition) is 8. The number of ether oxygens (including phenoxy) is 1. The number of imidazole rings is 1. The first-order valence-corrected chi connectivity index (χ1v) is 20.1. The zero-order valence-electron chi connectivity index (χ0n) is 30.0. The molecule has 0 unspecified atom stereocenters. The number of hydrogen-bond donors (Lipinski definition) is 2. The molecule has 3 fully saturated rings. The van der Waals surface area contributed by atoms with E-state index in [9.17, 15) is 27.2 Å². The molecule has 0 bridgehead atoms. The maximum absolute atomic E-state index is 14.6. The summed E-state index contributed by atoms with van der Waals surface area (Å²) in [5.74, 6) is -1.98. The topological polar surface area (TPSA) is 140 Å². The molecule has 3 heterocycles. The van der Waals surface area contributed by atoms with Crippen molar-refractivity contribution in [3.63, 3.8) is 0 Å². The van der Waals surface area contributed by atoms with Crippen LogP contribution in [0.5, 0.6) is 6.01 Å². The second-order valence-corrected chi connectivity index (χ2v) is 17.4. The highest BCUT2D eigenvalue weighted by Gasteiger charge is 2.61. The molecule has 5 atom stereocenters. The summed E-state index contributed by atoms with van der Waals surface area (Å²) in [7, 11) is -3.83. The van der Waals surface area contributed by atoms with Crippen molar-refractivity contribution in [1.29, 1.82) is 0 Å². The lowest BCUT2D eigenvalue weighted by Gasteiger charge is -2.30. The third kappa shape index (κ3) is 7.47. The van der Waals surface area contributed by atoms with Crippen LogP contribution >= 0.6 is 0 Å². The Morgan fingerprint density at radius 2 is 1.87 bits per heavy atom. The van der Waals surface area contributed by atoms with Gasteiger partial charge in [-0.1, -0.05) is 37.1 Å². The first-order valence-electron chi connectivity index (χ1n) is 18.6. The predicted molar refractivity (Wildman–Crippen MR) is 196 cm³/mol. The molecular formula is C39H48FN5O6S. The van der Waals surface area contributed by atoms with Gasteiger partial charge in [0.15, 0.2) is 5.78 Å². The van der Waals surface area contributed by atoms with Crippen LogP contribution in [-0.4, -0.2) is 70.4 Å². The molecular weight excluding hydrogens is 686 g/mol. The van der Waals surface area contributed by atoms with Crippen LogP contribution in [0.25, 0.3) is 11.0 Å². The molecule has 52 heavy (non-hydrogen) atoms. The number of carbonyl (C=O) groups excluding carboxylic acids is 3. The molecule has 278 valence electrons. The van der Waals surface area contributed by atoms with Crippen LogP contribution in [0.4, 0.5) is 10.1 Å². The van der Waals surface area contributed by atoms with Gasteiger partial charge >= 0.3 is 0 Å². The number of para-hydroxylation sites is 2. The van der Waals surface area contributed by atoms with Gasteiger partial charge in [0.25, 0.3) is 6.01 Å².